The highest BCUT2D eigenvalue weighted by Gasteiger charge is 2.28. The van der Waals surface area contributed by atoms with Crippen LogP contribution in [0.25, 0.3) is 0 Å². The van der Waals surface area contributed by atoms with E-state index in [1.54, 1.807) is 12.1 Å². The van der Waals surface area contributed by atoms with Crippen LogP contribution in [0.2, 0.25) is 0 Å². The van der Waals surface area contributed by atoms with Gasteiger partial charge in [-0.25, -0.2) is 4.39 Å². The molecule has 3 aliphatic rings. The summed E-state index contributed by atoms with van der Waals surface area (Å²) in [5, 5.41) is 6.53. The first kappa shape index (κ1) is 19.9. The number of nitrogens with zero attached hydrogens (tertiary/aromatic N) is 6. The van der Waals surface area contributed by atoms with Crippen LogP contribution >= 0.6 is 0 Å². The average molecular weight is 423 g/mol. The third kappa shape index (κ3) is 4.99. The van der Waals surface area contributed by atoms with Crippen molar-refractivity contribution in [2.45, 2.75) is 19.4 Å². The van der Waals surface area contributed by atoms with Gasteiger partial charge in [0.2, 0.25) is 17.8 Å². The fraction of sp³-hybridized carbons (Fsp3) is 0.455. The molecular weight excluding hydrogens is 395 g/mol. The number of aromatic nitrogens is 3. The Morgan fingerprint density at radius 1 is 1.00 bits per heavy atom. The summed E-state index contributed by atoms with van der Waals surface area (Å²) in [5.41, 5.74) is 2.35. The molecule has 0 radical (unpaired) electrons. The first-order valence-corrected chi connectivity index (χ1v) is 10.8. The Balaban J connectivity index is 1.34. The van der Waals surface area contributed by atoms with E-state index in [0.717, 1.165) is 44.1 Å². The van der Waals surface area contributed by atoms with Crippen LogP contribution in [0.1, 0.15) is 18.4 Å². The molecule has 0 unspecified atom stereocenters. The molecule has 2 N–H and O–H groups in total. The number of aliphatic imine (C=N–C) groups is 1. The second-order valence-corrected chi connectivity index (χ2v) is 8.37. The van der Waals surface area contributed by atoms with Gasteiger partial charge in [0, 0.05) is 32.7 Å². The lowest BCUT2D eigenvalue weighted by Gasteiger charge is -2.32. The summed E-state index contributed by atoms with van der Waals surface area (Å²) in [5.74, 6) is 2.89. The van der Waals surface area contributed by atoms with Gasteiger partial charge in [-0.1, -0.05) is 12.1 Å². The predicted octanol–water partition coefficient (Wildman–Crippen LogP) is 2.54. The minimum Gasteiger partial charge on any atom is -0.350 e. The molecule has 0 bridgehead atoms. The summed E-state index contributed by atoms with van der Waals surface area (Å²) in [6, 6.07) is 6.41. The van der Waals surface area contributed by atoms with Crippen molar-refractivity contribution in [1.82, 2.24) is 19.9 Å². The molecule has 3 heterocycles. The van der Waals surface area contributed by atoms with Gasteiger partial charge in [-0.3, -0.25) is 4.99 Å². The van der Waals surface area contributed by atoms with E-state index >= 15 is 0 Å². The number of amidine groups is 1. The number of likely N-dealkylation sites (N-methyl/N-ethyl adjacent to an activating group) is 1. The minimum atomic E-state index is -0.247. The molecule has 1 aliphatic carbocycles. The molecule has 9 heteroatoms. The largest absolute Gasteiger partial charge is 0.350 e. The third-order valence-electron chi connectivity index (χ3n) is 5.87. The highest BCUT2D eigenvalue weighted by molar-refractivity contribution is 6.05. The number of nitrogens with one attached hydrogen (secondary N) is 2. The Bertz CT molecular complexity index is 991. The highest BCUT2D eigenvalue weighted by atomic mass is 19.1. The van der Waals surface area contributed by atoms with E-state index in [0.29, 0.717) is 30.3 Å². The van der Waals surface area contributed by atoms with E-state index < -0.39 is 0 Å². The quantitative estimate of drug-likeness (QED) is 0.740. The molecule has 0 amide bonds. The lowest BCUT2D eigenvalue weighted by Crippen LogP contribution is -2.45. The topological polar surface area (TPSA) is 81.6 Å². The number of hydrogen-bond donors (Lipinski definition) is 2. The molecule has 8 nitrogen and oxygen atoms in total. The van der Waals surface area contributed by atoms with Crippen molar-refractivity contribution >= 4 is 23.7 Å². The van der Waals surface area contributed by atoms with Crippen LogP contribution < -0.4 is 15.5 Å². The van der Waals surface area contributed by atoms with Crippen LogP contribution in [-0.4, -0.2) is 65.5 Å². The monoisotopic (exact) mass is 422 g/mol. The first-order valence-electron chi connectivity index (χ1n) is 10.8. The van der Waals surface area contributed by atoms with E-state index in [1.165, 1.54) is 30.5 Å². The first-order chi connectivity index (χ1) is 15.1. The molecule has 162 valence electrons. The maximum Gasteiger partial charge on any atom is 0.234 e. The maximum atomic E-state index is 13.2. The molecule has 2 fully saturated rings. The van der Waals surface area contributed by atoms with E-state index in [-0.39, 0.29) is 5.82 Å². The van der Waals surface area contributed by atoms with E-state index in [2.05, 4.69) is 53.5 Å². The van der Waals surface area contributed by atoms with Gasteiger partial charge >= 0.3 is 0 Å². The van der Waals surface area contributed by atoms with Crippen LogP contribution in [0, 0.1) is 11.7 Å². The zero-order valence-corrected chi connectivity index (χ0v) is 17.7. The van der Waals surface area contributed by atoms with Gasteiger partial charge in [0.1, 0.15) is 11.7 Å². The van der Waals surface area contributed by atoms with Gasteiger partial charge in [-0.2, -0.15) is 15.0 Å². The van der Waals surface area contributed by atoms with Crippen molar-refractivity contribution in [1.29, 1.82) is 0 Å². The lowest BCUT2D eigenvalue weighted by atomic mass is 10.2. The van der Waals surface area contributed by atoms with Crippen molar-refractivity contribution < 1.29 is 4.39 Å². The molecule has 1 aromatic carbocycles. The zero-order chi connectivity index (χ0) is 21.2. The molecule has 5 rings (SSSR count). The number of rotatable bonds is 6. The molecule has 0 spiro atoms. The lowest BCUT2D eigenvalue weighted by molar-refractivity contribution is 0.311. The van der Waals surface area contributed by atoms with Crippen molar-refractivity contribution in [2.75, 3.05) is 55.3 Å². The summed E-state index contributed by atoms with van der Waals surface area (Å²) in [6.45, 7) is 4.92. The molecule has 1 saturated heterocycles. The van der Waals surface area contributed by atoms with Gasteiger partial charge in [-0.15, -0.1) is 0 Å². The Morgan fingerprint density at radius 3 is 2.48 bits per heavy atom. The van der Waals surface area contributed by atoms with Crippen LogP contribution in [0.5, 0.6) is 0 Å². The van der Waals surface area contributed by atoms with Crippen LogP contribution in [0.4, 0.5) is 22.2 Å². The van der Waals surface area contributed by atoms with Crippen molar-refractivity contribution in [2.24, 2.45) is 10.9 Å². The summed E-state index contributed by atoms with van der Waals surface area (Å²) in [6.07, 6.45) is 4.67. The van der Waals surface area contributed by atoms with Gasteiger partial charge < -0.3 is 20.4 Å². The SMILES string of the molecule is CN1CCN(c2nc(NCc3ccc(F)cc3)nc(NC3=NCC(C4CC4)=C3)n2)CC1. The standard InChI is InChI=1S/C22H27FN8/c1-30-8-10-31(11-9-30)22-28-20(25-13-15-2-6-18(23)7-3-15)27-21(29-22)26-19-12-17(14-24-19)16-4-5-16/h2-3,6-7,12,16H,4-5,8-11,13-14H2,1H3,(H2,24,25,26,27,28,29). The number of hydrogen-bond acceptors (Lipinski definition) is 8. The smallest absolute Gasteiger partial charge is 0.234 e. The fourth-order valence-electron chi connectivity index (χ4n) is 3.77. The predicted molar refractivity (Wildman–Crippen MR) is 120 cm³/mol. The van der Waals surface area contributed by atoms with Gasteiger partial charge in [0.25, 0.3) is 0 Å². The highest BCUT2D eigenvalue weighted by Crippen LogP contribution is 2.37. The van der Waals surface area contributed by atoms with Crippen LogP contribution in [0.15, 0.2) is 40.9 Å². The van der Waals surface area contributed by atoms with Crippen molar-refractivity contribution in [3.05, 3.63) is 47.3 Å². The number of benzene rings is 1. The molecule has 1 saturated carbocycles. The van der Waals surface area contributed by atoms with Crippen molar-refractivity contribution in [3.63, 3.8) is 0 Å². The maximum absolute atomic E-state index is 13.2. The fourth-order valence-corrected chi connectivity index (χ4v) is 3.77. The normalized spacial score (nSPS) is 19.2. The van der Waals surface area contributed by atoms with Crippen LogP contribution in [-0.2, 0) is 6.54 Å². The van der Waals surface area contributed by atoms with Gasteiger partial charge in [0.15, 0.2) is 0 Å². The molecule has 31 heavy (non-hydrogen) atoms. The number of anilines is 3. The van der Waals surface area contributed by atoms with E-state index in [9.17, 15) is 4.39 Å². The molecular formula is C22H27FN8. The zero-order valence-electron chi connectivity index (χ0n) is 17.7. The third-order valence-corrected chi connectivity index (χ3v) is 5.87. The Labute approximate surface area is 181 Å². The Kier molecular flexibility index (Phi) is 5.50. The average Bonchev–Trinajstić information content (AvgIpc) is 3.53. The Morgan fingerprint density at radius 2 is 1.74 bits per heavy atom. The van der Waals surface area contributed by atoms with E-state index in [4.69, 9.17) is 0 Å². The molecule has 2 aliphatic heterocycles. The molecule has 2 aromatic rings. The summed E-state index contributed by atoms with van der Waals surface area (Å²) >= 11 is 0. The number of piperazine rings is 1. The summed E-state index contributed by atoms with van der Waals surface area (Å²) < 4.78 is 13.2. The van der Waals surface area contributed by atoms with Crippen molar-refractivity contribution in [3.8, 4) is 0 Å². The minimum absolute atomic E-state index is 0.247. The number of halogens is 1. The molecule has 0 atom stereocenters. The van der Waals surface area contributed by atoms with Gasteiger partial charge in [0.05, 0.1) is 6.54 Å². The second-order valence-electron chi connectivity index (χ2n) is 8.37. The van der Waals surface area contributed by atoms with Crippen LogP contribution in [0.3, 0.4) is 0 Å². The van der Waals surface area contributed by atoms with E-state index in [1.807, 2.05) is 0 Å². The van der Waals surface area contributed by atoms with Gasteiger partial charge in [-0.05, 0) is 55.2 Å². The molecule has 1 aromatic heterocycles. The summed E-state index contributed by atoms with van der Waals surface area (Å²) in [4.78, 5) is 22.9. The Hall–Kier alpha value is -3.07. The summed E-state index contributed by atoms with van der Waals surface area (Å²) in [7, 11) is 2.12. The second kappa shape index (κ2) is 8.58.